The molecule has 4 nitrogen and oxygen atoms in total. The van der Waals surface area contributed by atoms with Crippen molar-refractivity contribution in [2.24, 2.45) is 5.73 Å². The Morgan fingerprint density at radius 1 is 1.47 bits per heavy atom. The quantitative estimate of drug-likeness (QED) is 0.866. The van der Waals surface area contributed by atoms with E-state index in [2.05, 4.69) is 15.9 Å². The highest BCUT2D eigenvalue weighted by Gasteiger charge is 2.25. The van der Waals surface area contributed by atoms with Crippen molar-refractivity contribution in [2.75, 3.05) is 7.05 Å². The number of halogens is 1. The molecule has 0 radical (unpaired) electrons. The Morgan fingerprint density at radius 2 is 2.21 bits per heavy atom. The van der Waals surface area contributed by atoms with Crippen molar-refractivity contribution < 1.29 is 8.42 Å². The summed E-state index contributed by atoms with van der Waals surface area (Å²) in [7, 11) is -1.91. The summed E-state index contributed by atoms with van der Waals surface area (Å²) in [5.74, 6) is 0. The fourth-order valence-corrected chi connectivity index (χ4v) is 5.89. The average molecular weight is 381 g/mol. The summed E-state index contributed by atoms with van der Waals surface area (Å²) in [6, 6.07) is 3.55. The highest BCUT2D eigenvalue weighted by Crippen LogP contribution is 2.33. The number of thiophene rings is 2. The van der Waals surface area contributed by atoms with Gasteiger partial charge in [0.15, 0.2) is 0 Å². The van der Waals surface area contributed by atoms with Crippen molar-refractivity contribution in [2.45, 2.75) is 18.0 Å². The second kappa shape index (κ2) is 6.02. The van der Waals surface area contributed by atoms with Crippen LogP contribution in [0.15, 0.2) is 31.6 Å². The van der Waals surface area contributed by atoms with Crippen LogP contribution >= 0.6 is 38.6 Å². The molecule has 2 N–H and O–H groups in total. The number of nitrogens with two attached hydrogens (primary N) is 1. The van der Waals surface area contributed by atoms with Gasteiger partial charge in [-0.2, -0.15) is 15.6 Å². The van der Waals surface area contributed by atoms with Crippen molar-refractivity contribution >= 4 is 48.6 Å². The number of sulfonamides is 1. The molecule has 0 aliphatic heterocycles. The van der Waals surface area contributed by atoms with Crippen LogP contribution in [0.3, 0.4) is 0 Å². The van der Waals surface area contributed by atoms with Gasteiger partial charge in [-0.1, -0.05) is 0 Å². The first-order valence-electron chi connectivity index (χ1n) is 5.41. The van der Waals surface area contributed by atoms with E-state index < -0.39 is 10.0 Å². The van der Waals surface area contributed by atoms with E-state index in [1.807, 2.05) is 16.8 Å². The van der Waals surface area contributed by atoms with E-state index in [1.54, 1.807) is 24.5 Å². The van der Waals surface area contributed by atoms with Crippen LogP contribution in [0.25, 0.3) is 0 Å². The summed E-state index contributed by atoms with van der Waals surface area (Å²) in [6.45, 7) is 0.707. The number of rotatable bonds is 5. The molecule has 0 aliphatic carbocycles. The zero-order chi connectivity index (χ0) is 14.0. The summed E-state index contributed by atoms with van der Waals surface area (Å²) < 4.78 is 26.9. The van der Waals surface area contributed by atoms with Crippen LogP contribution in [0.2, 0.25) is 0 Å². The molecule has 0 aliphatic rings. The third-order valence-electron chi connectivity index (χ3n) is 2.58. The molecule has 104 valence electrons. The molecule has 2 aromatic heterocycles. The lowest BCUT2D eigenvalue weighted by atomic mass is 10.3. The minimum absolute atomic E-state index is 0.288. The second-order valence-corrected chi connectivity index (χ2v) is 9.20. The van der Waals surface area contributed by atoms with Crippen LogP contribution in [-0.4, -0.2) is 19.8 Å². The maximum absolute atomic E-state index is 12.5. The lowest BCUT2D eigenvalue weighted by molar-refractivity contribution is 0.467. The van der Waals surface area contributed by atoms with Crippen molar-refractivity contribution in [3.63, 3.8) is 0 Å². The van der Waals surface area contributed by atoms with Crippen LogP contribution in [0.5, 0.6) is 0 Å². The molecule has 0 amide bonds. The highest BCUT2D eigenvalue weighted by molar-refractivity contribution is 9.11. The van der Waals surface area contributed by atoms with Gasteiger partial charge in [0.1, 0.15) is 4.90 Å². The van der Waals surface area contributed by atoms with Gasteiger partial charge in [-0.05, 0) is 44.4 Å². The average Bonchev–Trinajstić information content (AvgIpc) is 2.98. The molecule has 19 heavy (non-hydrogen) atoms. The van der Waals surface area contributed by atoms with E-state index in [9.17, 15) is 8.42 Å². The molecule has 0 fully saturated rings. The highest BCUT2D eigenvalue weighted by atomic mass is 79.9. The molecule has 8 heteroatoms. The molecule has 0 aromatic carbocycles. The lowest BCUT2D eigenvalue weighted by Gasteiger charge is -2.15. The predicted molar refractivity (Wildman–Crippen MR) is 82.9 cm³/mol. The molecule has 2 aromatic rings. The largest absolute Gasteiger partial charge is 0.326 e. The summed E-state index contributed by atoms with van der Waals surface area (Å²) in [5.41, 5.74) is 6.53. The summed E-state index contributed by atoms with van der Waals surface area (Å²) in [4.78, 5) is 1.13. The fraction of sp³-hybridized carbons (Fsp3) is 0.273. The SMILES string of the molecule is CN(Cc1ccsc1)S(=O)(=O)c1cc(CN)sc1Br. The zero-order valence-electron chi connectivity index (χ0n) is 10.2. The Morgan fingerprint density at radius 3 is 2.74 bits per heavy atom. The molecular formula is C11H13BrN2O2S3. The molecule has 0 atom stereocenters. The number of nitrogens with zero attached hydrogens (tertiary/aromatic N) is 1. The molecule has 0 saturated carbocycles. The number of hydrogen-bond donors (Lipinski definition) is 1. The van der Waals surface area contributed by atoms with Gasteiger partial charge in [-0.3, -0.25) is 0 Å². The Bertz CT molecular complexity index is 650. The van der Waals surface area contributed by atoms with Gasteiger partial charge >= 0.3 is 0 Å². The Hall–Kier alpha value is -0.250. The third kappa shape index (κ3) is 3.26. The molecule has 0 unspecified atom stereocenters. The summed E-state index contributed by atoms with van der Waals surface area (Å²) >= 11 is 6.21. The van der Waals surface area contributed by atoms with Gasteiger partial charge in [0.25, 0.3) is 0 Å². The Labute approximate surface area is 129 Å². The standard InChI is InChI=1S/C11H13BrN2O2S3/c1-14(6-8-2-3-17-7-8)19(15,16)10-4-9(5-13)18-11(10)12/h2-4,7H,5-6,13H2,1H3. The van der Waals surface area contributed by atoms with E-state index in [0.29, 0.717) is 16.9 Å². The van der Waals surface area contributed by atoms with Gasteiger partial charge in [-0.15, -0.1) is 11.3 Å². The van der Waals surface area contributed by atoms with Crippen LogP contribution in [0, 0.1) is 0 Å². The normalized spacial score (nSPS) is 12.2. The summed E-state index contributed by atoms with van der Waals surface area (Å²) in [5, 5.41) is 3.88. The van der Waals surface area contributed by atoms with Crippen LogP contribution in [0.4, 0.5) is 0 Å². The lowest BCUT2D eigenvalue weighted by Crippen LogP contribution is -2.26. The summed E-state index contributed by atoms with van der Waals surface area (Å²) in [6.07, 6.45) is 0. The first-order chi connectivity index (χ1) is 8.95. The van der Waals surface area contributed by atoms with Gasteiger partial charge in [0, 0.05) is 25.0 Å². The smallest absolute Gasteiger partial charge is 0.245 e. The molecule has 0 saturated heterocycles. The maximum atomic E-state index is 12.5. The Balaban J connectivity index is 2.28. The minimum atomic E-state index is -3.49. The van der Waals surface area contributed by atoms with E-state index in [-0.39, 0.29) is 4.90 Å². The molecule has 2 rings (SSSR count). The first kappa shape index (κ1) is 15.1. The minimum Gasteiger partial charge on any atom is -0.326 e. The Kier molecular flexibility index (Phi) is 4.80. The van der Waals surface area contributed by atoms with Crippen molar-refractivity contribution in [3.05, 3.63) is 37.1 Å². The van der Waals surface area contributed by atoms with Gasteiger partial charge in [0.05, 0.1) is 3.79 Å². The molecule has 2 heterocycles. The van der Waals surface area contributed by atoms with Crippen LogP contribution in [0.1, 0.15) is 10.4 Å². The van der Waals surface area contributed by atoms with Gasteiger partial charge < -0.3 is 5.73 Å². The van der Waals surface area contributed by atoms with Crippen LogP contribution < -0.4 is 5.73 Å². The second-order valence-electron chi connectivity index (χ2n) is 3.95. The van der Waals surface area contributed by atoms with Gasteiger partial charge in [-0.25, -0.2) is 8.42 Å². The van der Waals surface area contributed by atoms with Gasteiger partial charge in [0.2, 0.25) is 10.0 Å². The monoisotopic (exact) mass is 380 g/mol. The van der Waals surface area contributed by atoms with E-state index in [1.165, 1.54) is 15.6 Å². The van der Waals surface area contributed by atoms with Crippen LogP contribution in [-0.2, 0) is 23.1 Å². The predicted octanol–water partition coefficient (Wildman–Crippen LogP) is 2.85. The topological polar surface area (TPSA) is 63.4 Å². The van der Waals surface area contributed by atoms with Crippen molar-refractivity contribution in [1.82, 2.24) is 4.31 Å². The third-order valence-corrected chi connectivity index (χ3v) is 7.39. The fourth-order valence-electron chi connectivity index (χ4n) is 1.57. The van der Waals surface area contributed by atoms with E-state index >= 15 is 0 Å². The maximum Gasteiger partial charge on any atom is 0.245 e. The van der Waals surface area contributed by atoms with Crippen molar-refractivity contribution in [1.29, 1.82) is 0 Å². The zero-order valence-corrected chi connectivity index (χ0v) is 14.2. The first-order valence-corrected chi connectivity index (χ1v) is 9.40. The molecule has 0 spiro atoms. The van der Waals surface area contributed by atoms with E-state index in [4.69, 9.17) is 5.73 Å². The number of hydrogen-bond acceptors (Lipinski definition) is 5. The molecule has 0 bridgehead atoms. The van der Waals surface area contributed by atoms with E-state index in [0.717, 1.165) is 10.4 Å². The molecular weight excluding hydrogens is 368 g/mol. The van der Waals surface area contributed by atoms with Crippen molar-refractivity contribution in [3.8, 4) is 0 Å².